The topological polar surface area (TPSA) is 118 Å². The highest BCUT2D eigenvalue weighted by Gasteiger charge is 2.36. The Morgan fingerprint density at radius 2 is 2.33 bits per heavy atom. The maximum atomic E-state index is 10.2. The molecule has 0 amide bonds. The maximum Gasteiger partial charge on any atom is 0.167 e. The predicted octanol–water partition coefficient (Wildman–Crippen LogP) is -0.323. The molecule has 2 aromatic rings. The van der Waals surface area contributed by atoms with Crippen molar-refractivity contribution in [2.24, 2.45) is 0 Å². The Bertz CT molecular complexity index is 619. The number of ether oxygens (including phenoxy) is 3. The molecule has 3 N–H and O–H groups in total. The standard InChI is InChI=1S/C12H17N5O4/c1-19-6-20-3-7-2-8(18)12(21-7)17-5-16-9-10(13)14-4-15-11(9)17/h4-5,7-8,12,18H,2-3,6H2,1H3,(H2,13,14,15)/t7-,8?,12?/m0/s1. The van der Waals surface area contributed by atoms with Crippen LogP contribution in [0.5, 0.6) is 0 Å². The number of aliphatic hydroxyl groups excluding tert-OH is 1. The Morgan fingerprint density at radius 3 is 3.14 bits per heavy atom. The molecule has 3 heterocycles. The monoisotopic (exact) mass is 295 g/mol. The van der Waals surface area contributed by atoms with E-state index in [9.17, 15) is 5.11 Å². The average Bonchev–Trinajstić information content (AvgIpc) is 3.04. The highest BCUT2D eigenvalue weighted by Crippen LogP contribution is 2.31. The fourth-order valence-electron chi connectivity index (χ4n) is 2.41. The third-order valence-corrected chi connectivity index (χ3v) is 3.33. The lowest BCUT2D eigenvalue weighted by Gasteiger charge is -2.16. The van der Waals surface area contributed by atoms with E-state index in [1.807, 2.05) is 0 Å². The normalized spacial score (nSPS) is 25.7. The van der Waals surface area contributed by atoms with Crippen molar-refractivity contribution in [1.82, 2.24) is 19.5 Å². The molecule has 21 heavy (non-hydrogen) atoms. The van der Waals surface area contributed by atoms with Crippen molar-refractivity contribution >= 4 is 17.0 Å². The van der Waals surface area contributed by atoms with Gasteiger partial charge < -0.3 is 25.1 Å². The number of hydrogen-bond donors (Lipinski definition) is 2. The summed E-state index contributed by atoms with van der Waals surface area (Å²) in [5.41, 5.74) is 6.77. The quantitative estimate of drug-likeness (QED) is 0.569. The molecule has 1 aliphatic heterocycles. The number of rotatable bonds is 5. The second-order valence-corrected chi connectivity index (χ2v) is 4.81. The maximum absolute atomic E-state index is 10.2. The van der Waals surface area contributed by atoms with Gasteiger partial charge in [-0.15, -0.1) is 0 Å². The largest absolute Gasteiger partial charge is 0.388 e. The van der Waals surface area contributed by atoms with Gasteiger partial charge in [-0.3, -0.25) is 4.57 Å². The Kier molecular flexibility index (Phi) is 3.97. The zero-order chi connectivity index (χ0) is 14.8. The molecule has 1 saturated heterocycles. The molecule has 1 aliphatic rings. The van der Waals surface area contributed by atoms with Gasteiger partial charge >= 0.3 is 0 Å². The molecule has 2 unspecified atom stereocenters. The molecule has 0 aromatic carbocycles. The van der Waals surface area contributed by atoms with Crippen LogP contribution in [0, 0.1) is 0 Å². The number of anilines is 1. The van der Waals surface area contributed by atoms with Gasteiger partial charge in [0.15, 0.2) is 17.7 Å². The van der Waals surface area contributed by atoms with Crippen molar-refractivity contribution in [2.45, 2.75) is 24.9 Å². The molecule has 0 saturated carbocycles. The summed E-state index contributed by atoms with van der Waals surface area (Å²) < 4.78 is 17.5. The molecule has 0 aliphatic carbocycles. The summed E-state index contributed by atoms with van der Waals surface area (Å²) >= 11 is 0. The van der Waals surface area contributed by atoms with E-state index in [1.54, 1.807) is 18.0 Å². The number of aromatic nitrogens is 4. The molecule has 0 radical (unpaired) electrons. The minimum absolute atomic E-state index is 0.193. The number of aliphatic hydroxyl groups is 1. The number of fused-ring (bicyclic) bond motifs is 1. The summed E-state index contributed by atoms with van der Waals surface area (Å²) in [5.74, 6) is 0.297. The van der Waals surface area contributed by atoms with Crippen molar-refractivity contribution in [3.05, 3.63) is 12.7 Å². The van der Waals surface area contributed by atoms with E-state index < -0.39 is 12.3 Å². The van der Waals surface area contributed by atoms with Crippen molar-refractivity contribution < 1.29 is 19.3 Å². The van der Waals surface area contributed by atoms with E-state index in [1.165, 1.54) is 6.33 Å². The highest BCUT2D eigenvalue weighted by atomic mass is 16.7. The molecule has 9 heteroatoms. The van der Waals surface area contributed by atoms with Gasteiger partial charge in [0.05, 0.1) is 19.0 Å². The van der Waals surface area contributed by atoms with Crippen LogP contribution in [0.3, 0.4) is 0 Å². The van der Waals surface area contributed by atoms with Gasteiger partial charge in [0.2, 0.25) is 0 Å². The number of nitrogen functional groups attached to an aromatic ring is 1. The highest BCUT2D eigenvalue weighted by molar-refractivity contribution is 5.81. The van der Waals surface area contributed by atoms with Crippen molar-refractivity contribution in [3.8, 4) is 0 Å². The number of nitrogens with two attached hydrogens (primary N) is 1. The van der Waals surface area contributed by atoms with Crippen LogP contribution < -0.4 is 5.73 Å². The van der Waals surface area contributed by atoms with Gasteiger partial charge in [0, 0.05) is 13.5 Å². The third-order valence-electron chi connectivity index (χ3n) is 3.33. The summed E-state index contributed by atoms with van der Waals surface area (Å²) in [5, 5.41) is 10.2. The van der Waals surface area contributed by atoms with E-state index in [0.717, 1.165) is 0 Å². The molecule has 3 rings (SSSR count). The molecule has 114 valence electrons. The van der Waals surface area contributed by atoms with Gasteiger partial charge in [0.1, 0.15) is 24.7 Å². The second-order valence-electron chi connectivity index (χ2n) is 4.81. The fraction of sp³-hybridized carbons (Fsp3) is 0.583. The van der Waals surface area contributed by atoms with Crippen LogP contribution in [-0.4, -0.2) is 57.3 Å². The lowest BCUT2D eigenvalue weighted by molar-refractivity contribution is -0.0928. The van der Waals surface area contributed by atoms with E-state index in [0.29, 0.717) is 30.0 Å². The number of imidazole rings is 1. The Hall–Kier alpha value is -1.81. The predicted molar refractivity (Wildman–Crippen MR) is 72.1 cm³/mol. The number of hydrogen-bond acceptors (Lipinski definition) is 8. The van der Waals surface area contributed by atoms with Gasteiger partial charge in [-0.05, 0) is 0 Å². The van der Waals surface area contributed by atoms with Crippen LogP contribution >= 0.6 is 0 Å². The minimum Gasteiger partial charge on any atom is -0.388 e. The summed E-state index contributed by atoms with van der Waals surface area (Å²) in [6.45, 7) is 0.545. The van der Waals surface area contributed by atoms with E-state index in [-0.39, 0.29) is 12.9 Å². The first kappa shape index (κ1) is 14.1. The molecule has 0 bridgehead atoms. The summed E-state index contributed by atoms with van der Waals surface area (Å²) in [6, 6.07) is 0. The lowest BCUT2D eigenvalue weighted by Crippen LogP contribution is -2.19. The summed E-state index contributed by atoms with van der Waals surface area (Å²) in [6.07, 6.45) is 1.92. The fourth-order valence-corrected chi connectivity index (χ4v) is 2.41. The van der Waals surface area contributed by atoms with Gasteiger partial charge in [-0.1, -0.05) is 0 Å². The Balaban J connectivity index is 1.78. The molecular weight excluding hydrogens is 278 g/mol. The molecule has 2 aromatic heterocycles. The first-order chi connectivity index (χ1) is 10.2. The summed E-state index contributed by atoms with van der Waals surface area (Å²) in [7, 11) is 1.55. The minimum atomic E-state index is -0.672. The number of nitrogens with zero attached hydrogens (tertiary/aromatic N) is 4. The third kappa shape index (κ3) is 2.68. The zero-order valence-corrected chi connectivity index (χ0v) is 11.5. The molecule has 1 fully saturated rings. The first-order valence-corrected chi connectivity index (χ1v) is 6.54. The van der Waals surface area contributed by atoms with Crippen molar-refractivity contribution in [3.63, 3.8) is 0 Å². The van der Waals surface area contributed by atoms with Gasteiger partial charge in [-0.2, -0.15) is 0 Å². The van der Waals surface area contributed by atoms with Crippen molar-refractivity contribution in [1.29, 1.82) is 0 Å². The van der Waals surface area contributed by atoms with E-state index >= 15 is 0 Å². The lowest BCUT2D eigenvalue weighted by atomic mass is 10.2. The van der Waals surface area contributed by atoms with Crippen molar-refractivity contribution in [2.75, 3.05) is 26.2 Å². The van der Waals surface area contributed by atoms with E-state index in [4.69, 9.17) is 19.9 Å². The Labute approximate surface area is 120 Å². The molecule has 9 nitrogen and oxygen atoms in total. The Morgan fingerprint density at radius 1 is 1.48 bits per heavy atom. The molecular formula is C12H17N5O4. The van der Waals surface area contributed by atoms with Crippen LogP contribution in [0.1, 0.15) is 12.6 Å². The second kappa shape index (κ2) is 5.90. The average molecular weight is 295 g/mol. The smallest absolute Gasteiger partial charge is 0.167 e. The molecule has 0 spiro atoms. The number of methoxy groups -OCH3 is 1. The molecule has 3 atom stereocenters. The van der Waals surface area contributed by atoms with E-state index in [2.05, 4.69) is 15.0 Å². The van der Waals surface area contributed by atoms with Crippen LogP contribution in [0.4, 0.5) is 5.82 Å². The van der Waals surface area contributed by atoms with Gasteiger partial charge in [0.25, 0.3) is 0 Å². The van der Waals surface area contributed by atoms with Crippen LogP contribution in [0.25, 0.3) is 11.2 Å². The SMILES string of the molecule is COCOC[C@@H]1CC(O)C(n2cnc3c(N)ncnc32)O1. The first-order valence-electron chi connectivity index (χ1n) is 6.54. The van der Waals surface area contributed by atoms with Crippen LogP contribution in [0.15, 0.2) is 12.7 Å². The van der Waals surface area contributed by atoms with Crippen LogP contribution in [-0.2, 0) is 14.2 Å². The summed E-state index contributed by atoms with van der Waals surface area (Å²) in [4.78, 5) is 12.2. The van der Waals surface area contributed by atoms with Crippen LogP contribution in [0.2, 0.25) is 0 Å². The van der Waals surface area contributed by atoms with Gasteiger partial charge in [-0.25, -0.2) is 15.0 Å². The zero-order valence-electron chi connectivity index (χ0n) is 11.5.